The van der Waals surface area contributed by atoms with Crippen LogP contribution in [0.3, 0.4) is 0 Å². The standard InChI is InChI=1S/C29H28N2O3/c1-5-30(6-2)25-13-11-23(12-14-25)29(34)28-18-26(22-9-7-21(8-10-22)19(3)32)27-17-24(20(4)33)15-16-31(27)28/h7-18H,5-6H2,1-4H3. The van der Waals surface area contributed by atoms with E-state index in [-0.39, 0.29) is 17.3 Å². The smallest absolute Gasteiger partial charge is 0.209 e. The number of Topliss-reactive ketones (excluding diaryl/α,β-unsaturated/α-hetero) is 2. The first-order valence-corrected chi connectivity index (χ1v) is 11.5. The average Bonchev–Trinajstić information content (AvgIpc) is 3.23. The third-order valence-corrected chi connectivity index (χ3v) is 6.27. The maximum atomic E-state index is 13.5. The van der Waals surface area contributed by atoms with Gasteiger partial charge < -0.3 is 9.30 Å². The number of fused-ring (bicyclic) bond motifs is 1. The number of ketones is 3. The van der Waals surface area contributed by atoms with E-state index in [2.05, 4.69) is 18.7 Å². The largest absolute Gasteiger partial charge is 0.372 e. The first-order valence-electron chi connectivity index (χ1n) is 11.5. The van der Waals surface area contributed by atoms with Crippen LogP contribution in [0.5, 0.6) is 0 Å². The van der Waals surface area contributed by atoms with E-state index in [1.807, 2.05) is 52.9 Å². The van der Waals surface area contributed by atoms with Crippen LogP contribution in [0.2, 0.25) is 0 Å². The normalized spacial score (nSPS) is 10.9. The minimum Gasteiger partial charge on any atom is -0.372 e. The van der Waals surface area contributed by atoms with Gasteiger partial charge in [-0.25, -0.2) is 0 Å². The van der Waals surface area contributed by atoms with E-state index in [9.17, 15) is 14.4 Å². The monoisotopic (exact) mass is 452 g/mol. The molecule has 0 amide bonds. The van der Waals surface area contributed by atoms with Gasteiger partial charge >= 0.3 is 0 Å². The predicted molar refractivity (Wildman–Crippen MR) is 136 cm³/mol. The second-order valence-electron chi connectivity index (χ2n) is 8.35. The molecule has 0 unspecified atom stereocenters. The van der Waals surface area contributed by atoms with Crippen LogP contribution in [0.1, 0.15) is 64.5 Å². The molecule has 0 saturated carbocycles. The van der Waals surface area contributed by atoms with Gasteiger partial charge in [0.25, 0.3) is 0 Å². The summed E-state index contributed by atoms with van der Waals surface area (Å²) >= 11 is 0. The van der Waals surface area contributed by atoms with E-state index in [0.29, 0.717) is 22.4 Å². The van der Waals surface area contributed by atoms with Gasteiger partial charge in [0, 0.05) is 47.2 Å². The van der Waals surface area contributed by atoms with Crippen LogP contribution in [-0.4, -0.2) is 34.8 Å². The number of hydrogen-bond donors (Lipinski definition) is 0. The third-order valence-electron chi connectivity index (χ3n) is 6.27. The molecular weight excluding hydrogens is 424 g/mol. The van der Waals surface area contributed by atoms with Gasteiger partial charge in [-0.2, -0.15) is 0 Å². The van der Waals surface area contributed by atoms with Crippen molar-refractivity contribution >= 4 is 28.6 Å². The van der Waals surface area contributed by atoms with Gasteiger partial charge in [0.1, 0.15) is 0 Å². The highest BCUT2D eigenvalue weighted by atomic mass is 16.1. The van der Waals surface area contributed by atoms with Gasteiger partial charge in [0.2, 0.25) is 5.78 Å². The zero-order chi connectivity index (χ0) is 24.4. The van der Waals surface area contributed by atoms with Crippen LogP contribution in [0, 0.1) is 0 Å². The number of carbonyl (C=O) groups is 3. The minimum absolute atomic E-state index is 0.00354. The Hall–Kier alpha value is -3.99. The maximum absolute atomic E-state index is 13.5. The average molecular weight is 453 g/mol. The lowest BCUT2D eigenvalue weighted by molar-refractivity contribution is 0.100. The molecular formula is C29H28N2O3. The fourth-order valence-corrected chi connectivity index (χ4v) is 4.27. The van der Waals surface area contributed by atoms with Crippen molar-refractivity contribution in [2.75, 3.05) is 18.0 Å². The van der Waals surface area contributed by atoms with Crippen LogP contribution >= 0.6 is 0 Å². The maximum Gasteiger partial charge on any atom is 0.209 e. The Morgan fingerprint density at radius 1 is 0.735 bits per heavy atom. The molecule has 0 saturated heterocycles. The van der Waals surface area contributed by atoms with Crippen LogP contribution < -0.4 is 4.90 Å². The second kappa shape index (κ2) is 9.48. The number of rotatable bonds is 8. The lowest BCUT2D eigenvalue weighted by atomic mass is 10.0. The Balaban J connectivity index is 1.82. The van der Waals surface area contributed by atoms with E-state index in [1.165, 1.54) is 13.8 Å². The summed E-state index contributed by atoms with van der Waals surface area (Å²) in [4.78, 5) is 39.5. The quantitative estimate of drug-likeness (QED) is 0.304. The molecule has 0 aliphatic carbocycles. The molecule has 2 aromatic carbocycles. The molecule has 0 radical (unpaired) electrons. The van der Waals surface area contributed by atoms with Gasteiger partial charge in [0.15, 0.2) is 11.6 Å². The second-order valence-corrected chi connectivity index (χ2v) is 8.35. The number of carbonyl (C=O) groups excluding carboxylic acids is 3. The van der Waals surface area contributed by atoms with Gasteiger partial charge in [-0.1, -0.05) is 24.3 Å². The van der Waals surface area contributed by atoms with Crippen molar-refractivity contribution in [3.05, 3.63) is 95.3 Å². The molecule has 0 atom stereocenters. The molecule has 5 nitrogen and oxygen atoms in total. The molecule has 4 rings (SSSR count). The Morgan fingerprint density at radius 2 is 1.32 bits per heavy atom. The van der Waals surface area contributed by atoms with Crippen molar-refractivity contribution in [2.24, 2.45) is 0 Å². The highest BCUT2D eigenvalue weighted by Crippen LogP contribution is 2.31. The van der Waals surface area contributed by atoms with Gasteiger partial charge in [-0.3, -0.25) is 14.4 Å². The fraction of sp³-hybridized carbons (Fsp3) is 0.207. The van der Waals surface area contributed by atoms with Gasteiger partial charge in [-0.05, 0) is 75.7 Å². The molecule has 34 heavy (non-hydrogen) atoms. The number of anilines is 1. The number of pyridine rings is 1. The number of nitrogens with zero attached hydrogens (tertiary/aromatic N) is 2. The molecule has 0 N–H and O–H groups in total. The van der Waals surface area contributed by atoms with E-state index < -0.39 is 0 Å². The molecule has 5 heteroatoms. The van der Waals surface area contributed by atoms with Crippen LogP contribution in [0.15, 0.2) is 72.9 Å². The lowest BCUT2D eigenvalue weighted by Gasteiger charge is -2.21. The first-order chi connectivity index (χ1) is 16.3. The number of hydrogen-bond acceptors (Lipinski definition) is 4. The summed E-state index contributed by atoms with van der Waals surface area (Å²) in [7, 11) is 0. The van der Waals surface area contributed by atoms with Crippen molar-refractivity contribution in [3.63, 3.8) is 0 Å². The molecule has 2 heterocycles. The van der Waals surface area contributed by atoms with Crippen LogP contribution in [-0.2, 0) is 0 Å². The molecule has 0 aliphatic heterocycles. The topological polar surface area (TPSA) is 58.9 Å². The fourth-order valence-electron chi connectivity index (χ4n) is 4.27. The first kappa shape index (κ1) is 23.2. The highest BCUT2D eigenvalue weighted by Gasteiger charge is 2.19. The van der Waals surface area contributed by atoms with Crippen molar-refractivity contribution in [1.82, 2.24) is 4.40 Å². The summed E-state index contributed by atoms with van der Waals surface area (Å²) in [5.41, 5.74) is 5.89. The van der Waals surface area contributed by atoms with Gasteiger partial charge in [-0.15, -0.1) is 0 Å². The van der Waals surface area contributed by atoms with Gasteiger partial charge in [0.05, 0.1) is 11.2 Å². The molecule has 4 aromatic rings. The molecule has 0 aliphatic rings. The van der Waals surface area contributed by atoms with E-state index in [0.717, 1.165) is 35.4 Å². The van der Waals surface area contributed by atoms with Crippen molar-refractivity contribution in [1.29, 1.82) is 0 Å². The van der Waals surface area contributed by atoms with E-state index >= 15 is 0 Å². The summed E-state index contributed by atoms with van der Waals surface area (Å²) < 4.78 is 1.83. The Kier molecular flexibility index (Phi) is 6.46. The zero-order valence-electron chi connectivity index (χ0n) is 20.0. The molecule has 0 fully saturated rings. The summed E-state index contributed by atoms with van der Waals surface area (Å²) in [6, 6.07) is 20.4. The molecule has 2 aromatic heterocycles. The molecule has 172 valence electrons. The summed E-state index contributed by atoms with van der Waals surface area (Å²) in [5.74, 6) is -0.138. The minimum atomic E-state index is -0.0942. The number of aromatic nitrogens is 1. The summed E-state index contributed by atoms with van der Waals surface area (Å²) in [5, 5.41) is 0. The zero-order valence-corrected chi connectivity index (χ0v) is 20.0. The summed E-state index contributed by atoms with van der Waals surface area (Å²) in [6.07, 6.45) is 1.77. The van der Waals surface area contributed by atoms with Crippen LogP contribution in [0.4, 0.5) is 5.69 Å². The highest BCUT2D eigenvalue weighted by molar-refractivity contribution is 6.10. The van der Waals surface area contributed by atoms with E-state index in [4.69, 9.17) is 0 Å². The molecule has 0 bridgehead atoms. The predicted octanol–water partition coefficient (Wildman–Crippen LogP) is 6.09. The third kappa shape index (κ3) is 4.29. The Morgan fingerprint density at radius 3 is 1.88 bits per heavy atom. The lowest BCUT2D eigenvalue weighted by Crippen LogP contribution is -2.21. The van der Waals surface area contributed by atoms with Crippen molar-refractivity contribution < 1.29 is 14.4 Å². The SMILES string of the molecule is CCN(CC)c1ccc(C(=O)c2cc(-c3ccc(C(C)=O)cc3)c3cc(C(C)=O)ccn23)cc1. The van der Waals surface area contributed by atoms with Crippen LogP contribution in [0.25, 0.3) is 16.6 Å². The van der Waals surface area contributed by atoms with Crippen molar-refractivity contribution in [3.8, 4) is 11.1 Å². The molecule has 0 spiro atoms. The van der Waals surface area contributed by atoms with E-state index in [1.54, 1.807) is 24.4 Å². The number of benzene rings is 2. The summed E-state index contributed by atoms with van der Waals surface area (Å²) in [6.45, 7) is 9.07. The Bertz CT molecular complexity index is 1380. The van der Waals surface area contributed by atoms with Crippen molar-refractivity contribution in [2.45, 2.75) is 27.7 Å². The Labute approximate surface area is 199 Å².